The van der Waals surface area contributed by atoms with Gasteiger partial charge in [-0.25, -0.2) is 4.52 Å². The first-order chi connectivity index (χ1) is 15.9. The Morgan fingerprint density at radius 3 is 2.52 bits per heavy atom. The SMILES string of the molecule is COc1cc(-n2cnn3cc(-c4ccc(Cl)cc4)cc3c2=O)ccc1OCC(O)CC(C)C. The molecular formula is C25H26ClN3O4. The standard InChI is InChI=1S/C25H26ClN3O4/c1-16(2)10-21(30)14-33-23-9-8-20(12-24(23)32-3)28-15-27-29-13-18(11-22(29)25(28)31)17-4-6-19(26)7-5-17/h4-9,11-13,15-16,21,30H,10,14H2,1-3H3. The lowest BCUT2D eigenvalue weighted by Crippen LogP contribution is -2.21. The van der Waals surface area contributed by atoms with E-state index in [1.54, 1.807) is 28.8 Å². The van der Waals surface area contributed by atoms with Crippen molar-refractivity contribution >= 4 is 17.1 Å². The summed E-state index contributed by atoms with van der Waals surface area (Å²) in [6, 6.07) is 14.4. The summed E-state index contributed by atoms with van der Waals surface area (Å²) in [6.07, 6.45) is 3.37. The van der Waals surface area contributed by atoms with Crippen LogP contribution in [0.5, 0.6) is 11.5 Å². The Hall–Kier alpha value is -3.29. The lowest BCUT2D eigenvalue weighted by Gasteiger charge is -2.16. The number of aliphatic hydroxyl groups is 1. The van der Waals surface area contributed by atoms with Crippen LogP contribution in [0.25, 0.3) is 22.3 Å². The Morgan fingerprint density at radius 2 is 1.82 bits per heavy atom. The smallest absolute Gasteiger partial charge is 0.282 e. The Labute approximate surface area is 196 Å². The van der Waals surface area contributed by atoms with Gasteiger partial charge in [-0.2, -0.15) is 5.10 Å². The molecule has 0 bridgehead atoms. The van der Waals surface area contributed by atoms with Crippen LogP contribution in [0.15, 0.2) is 65.8 Å². The van der Waals surface area contributed by atoms with E-state index in [1.165, 1.54) is 18.0 Å². The van der Waals surface area contributed by atoms with Crippen molar-refractivity contribution in [3.05, 3.63) is 76.4 Å². The predicted molar refractivity (Wildman–Crippen MR) is 129 cm³/mol. The molecule has 2 heterocycles. The van der Waals surface area contributed by atoms with E-state index in [1.807, 2.05) is 44.3 Å². The quantitative estimate of drug-likeness (QED) is 0.409. The summed E-state index contributed by atoms with van der Waals surface area (Å²) in [5.74, 6) is 1.34. The second-order valence-corrected chi connectivity index (χ2v) is 8.74. The second-order valence-electron chi connectivity index (χ2n) is 8.30. The molecule has 4 aromatic rings. The molecule has 0 aliphatic heterocycles. The Morgan fingerprint density at radius 1 is 1.06 bits per heavy atom. The second kappa shape index (κ2) is 9.68. The maximum Gasteiger partial charge on any atom is 0.282 e. The summed E-state index contributed by atoms with van der Waals surface area (Å²) in [5, 5.41) is 15.1. The fourth-order valence-corrected chi connectivity index (χ4v) is 3.82. The third-order valence-electron chi connectivity index (χ3n) is 5.31. The summed E-state index contributed by atoms with van der Waals surface area (Å²) < 4.78 is 14.2. The highest BCUT2D eigenvalue weighted by Crippen LogP contribution is 2.30. The third-order valence-corrected chi connectivity index (χ3v) is 5.56. The number of methoxy groups -OCH3 is 1. The summed E-state index contributed by atoms with van der Waals surface area (Å²) in [7, 11) is 1.53. The van der Waals surface area contributed by atoms with Crippen molar-refractivity contribution in [2.45, 2.75) is 26.4 Å². The van der Waals surface area contributed by atoms with E-state index in [0.29, 0.717) is 40.1 Å². The Bertz CT molecular complexity index is 1310. The number of ether oxygens (including phenoxy) is 2. The highest BCUT2D eigenvalue weighted by molar-refractivity contribution is 6.30. The van der Waals surface area contributed by atoms with E-state index >= 15 is 0 Å². The molecule has 7 nitrogen and oxygen atoms in total. The van der Waals surface area contributed by atoms with E-state index < -0.39 is 6.10 Å². The topological polar surface area (TPSA) is 78.0 Å². The zero-order valence-corrected chi connectivity index (χ0v) is 19.5. The average molecular weight is 468 g/mol. The molecule has 0 saturated carbocycles. The van der Waals surface area contributed by atoms with Gasteiger partial charge in [0.2, 0.25) is 0 Å². The third kappa shape index (κ3) is 5.05. The van der Waals surface area contributed by atoms with E-state index in [-0.39, 0.29) is 12.2 Å². The number of hydrogen-bond donors (Lipinski definition) is 1. The van der Waals surface area contributed by atoms with Gasteiger partial charge in [-0.1, -0.05) is 37.6 Å². The number of benzene rings is 2. The molecule has 0 radical (unpaired) electrons. The van der Waals surface area contributed by atoms with E-state index in [0.717, 1.165) is 11.1 Å². The number of halogens is 1. The van der Waals surface area contributed by atoms with Crippen LogP contribution in [0.3, 0.4) is 0 Å². The van der Waals surface area contributed by atoms with Crippen LogP contribution in [-0.4, -0.2) is 39.1 Å². The van der Waals surface area contributed by atoms with Gasteiger partial charge in [0, 0.05) is 22.8 Å². The lowest BCUT2D eigenvalue weighted by atomic mass is 10.1. The van der Waals surface area contributed by atoms with Gasteiger partial charge in [-0.05, 0) is 48.2 Å². The number of fused-ring (bicyclic) bond motifs is 1. The molecule has 1 N–H and O–H groups in total. The number of aromatic nitrogens is 3. The molecule has 0 fully saturated rings. The van der Waals surface area contributed by atoms with Crippen molar-refractivity contribution in [1.29, 1.82) is 0 Å². The molecule has 8 heteroatoms. The Kier molecular flexibility index (Phi) is 6.72. The predicted octanol–water partition coefficient (Wildman–Crippen LogP) is 4.60. The first-order valence-electron chi connectivity index (χ1n) is 10.7. The van der Waals surface area contributed by atoms with Crippen molar-refractivity contribution in [1.82, 2.24) is 14.2 Å². The molecule has 1 unspecified atom stereocenters. The number of aliphatic hydroxyl groups excluding tert-OH is 1. The highest BCUT2D eigenvalue weighted by atomic mass is 35.5. The van der Waals surface area contributed by atoms with Crippen molar-refractivity contribution < 1.29 is 14.6 Å². The molecule has 0 aliphatic rings. The van der Waals surface area contributed by atoms with Crippen molar-refractivity contribution in [3.8, 4) is 28.3 Å². The minimum atomic E-state index is -0.562. The summed E-state index contributed by atoms with van der Waals surface area (Å²) in [6.45, 7) is 4.26. The van der Waals surface area contributed by atoms with Crippen molar-refractivity contribution in [2.75, 3.05) is 13.7 Å². The maximum atomic E-state index is 13.2. The molecule has 0 spiro atoms. The number of rotatable bonds is 8. The molecule has 0 amide bonds. The molecule has 33 heavy (non-hydrogen) atoms. The molecular weight excluding hydrogens is 442 g/mol. The van der Waals surface area contributed by atoms with Crippen LogP contribution < -0.4 is 15.0 Å². The first kappa shape index (κ1) is 22.9. The van der Waals surface area contributed by atoms with Crippen LogP contribution in [0.1, 0.15) is 20.3 Å². The van der Waals surface area contributed by atoms with Gasteiger partial charge in [-0.3, -0.25) is 9.36 Å². The van der Waals surface area contributed by atoms with Crippen LogP contribution >= 0.6 is 11.6 Å². The first-order valence-corrected chi connectivity index (χ1v) is 11.1. The normalized spacial score (nSPS) is 12.3. The summed E-state index contributed by atoms with van der Waals surface area (Å²) in [5.41, 5.74) is 2.64. The van der Waals surface area contributed by atoms with Crippen LogP contribution in [-0.2, 0) is 0 Å². The van der Waals surface area contributed by atoms with Crippen molar-refractivity contribution in [3.63, 3.8) is 0 Å². The molecule has 4 rings (SSSR count). The zero-order chi connectivity index (χ0) is 23.5. The van der Waals surface area contributed by atoms with E-state index in [9.17, 15) is 9.90 Å². The highest BCUT2D eigenvalue weighted by Gasteiger charge is 2.14. The maximum absolute atomic E-state index is 13.2. The van der Waals surface area contributed by atoms with Gasteiger partial charge in [0.1, 0.15) is 18.5 Å². The van der Waals surface area contributed by atoms with Gasteiger partial charge >= 0.3 is 0 Å². The van der Waals surface area contributed by atoms with Gasteiger partial charge < -0.3 is 14.6 Å². The monoisotopic (exact) mass is 467 g/mol. The average Bonchev–Trinajstić information content (AvgIpc) is 3.23. The van der Waals surface area contributed by atoms with E-state index in [2.05, 4.69) is 5.10 Å². The molecule has 2 aromatic heterocycles. The molecule has 172 valence electrons. The minimum Gasteiger partial charge on any atom is -0.493 e. The lowest BCUT2D eigenvalue weighted by molar-refractivity contribution is 0.0878. The summed E-state index contributed by atoms with van der Waals surface area (Å²) >= 11 is 5.98. The molecule has 1 atom stereocenters. The fraction of sp³-hybridized carbons (Fsp3) is 0.280. The number of nitrogens with zero attached hydrogens (tertiary/aromatic N) is 3. The molecule has 0 aliphatic carbocycles. The van der Waals surface area contributed by atoms with Crippen LogP contribution in [0.4, 0.5) is 0 Å². The fourth-order valence-electron chi connectivity index (χ4n) is 3.70. The van der Waals surface area contributed by atoms with E-state index in [4.69, 9.17) is 21.1 Å². The number of hydrogen-bond acceptors (Lipinski definition) is 5. The van der Waals surface area contributed by atoms with Crippen LogP contribution in [0.2, 0.25) is 5.02 Å². The van der Waals surface area contributed by atoms with Crippen LogP contribution in [0, 0.1) is 5.92 Å². The van der Waals surface area contributed by atoms with Gasteiger partial charge in [-0.15, -0.1) is 0 Å². The molecule has 0 saturated heterocycles. The minimum absolute atomic E-state index is 0.166. The molecule has 2 aromatic carbocycles. The van der Waals surface area contributed by atoms with Gasteiger partial charge in [0.15, 0.2) is 11.5 Å². The Balaban J connectivity index is 1.63. The summed E-state index contributed by atoms with van der Waals surface area (Å²) in [4.78, 5) is 13.2. The van der Waals surface area contributed by atoms with Crippen molar-refractivity contribution in [2.24, 2.45) is 5.92 Å². The van der Waals surface area contributed by atoms with Gasteiger partial charge in [0.05, 0.1) is 18.9 Å². The van der Waals surface area contributed by atoms with Gasteiger partial charge in [0.25, 0.3) is 5.56 Å². The largest absolute Gasteiger partial charge is 0.493 e. The zero-order valence-electron chi connectivity index (χ0n) is 18.7.